The Morgan fingerprint density at radius 2 is 1.84 bits per heavy atom. The smallest absolute Gasteiger partial charge is 0.320 e. The Kier molecular flexibility index (Phi) is 6.80. The first-order valence-corrected chi connectivity index (χ1v) is 15.5. The van der Waals surface area contributed by atoms with Crippen LogP contribution in [0.1, 0.15) is 71.2 Å². The number of aromatic nitrogens is 1. The summed E-state index contributed by atoms with van der Waals surface area (Å²) in [6.07, 6.45) is 4.31. The van der Waals surface area contributed by atoms with Gasteiger partial charge < -0.3 is 20.1 Å². The number of nitrogens with one attached hydrogen (secondary N) is 3. The Balaban J connectivity index is 1.10. The van der Waals surface area contributed by atoms with Crippen LogP contribution in [0.5, 0.6) is 11.5 Å². The fourth-order valence-corrected chi connectivity index (χ4v) is 7.05. The number of carbonyl (C=O) groups excluding carboxylic acids is 5. The maximum atomic E-state index is 13.4. The first-order chi connectivity index (χ1) is 21.1. The van der Waals surface area contributed by atoms with Gasteiger partial charge in [0.25, 0.3) is 11.8 Å². The van der Waals surface area contributed by atoms with Crippen LogP contribution in [0.3, 0.4) is 0 Å². The molecule has 0 spiro atoms. The molecule has 1 aromatic heterocycles. The van der Waals surface area contributed by atoms with Crippen molar-refractivity contribution in [2.24, 2.45) is 11.8 Å². The average Bonchev–Trinajstić information content (AvgIpc) is 3.93. The molecule has 13 heteroatoms. The largest absolute Gasteiger partial charge is 0.497 e. The number of piperidine rings is 1. The lowest BCUT2D eigenvalue weighted by atomic mass is 9.97. The van der Waals surface area contributed by atoms with E-state index in [1.165, 1.54) is 36.3 Å². The van der Waals surface area contributed by atoms with E-state index in [1.54, 1.807) is 13.2 Å². The number of thiazole rings is 1. The molecule has 3 fully saturated rings. The van der Waals surface area contributed by atoms with Gasteiger partial charge in [0.1, 0.15) is 28.1 Å². The Bertz CT molecular complexity index is 1750. The van der Waals surface area contributed by atoms with Gasteiger partial charge in [-0.25, -0.2) is 9.78 Å². The van der Waals surface area contributed by atoms with E-state index in [-0.39, 0.29) is 29.9 Å². The molecule has 7 rings (SSSR count). The van der Waals surface area contributed by atoms with Crippen LogP contribution in [0, 0.1) is 11.8 Å². The molecular weight excluding hydrogens is 586 g/mol. The van der Waals surface area contributed by atoms with Gasteiger partial charge in [-0.15, -0.1) is 11.3 Å². The highest BCUT2D eigenvalue weighted by Crippen LogP contribution is 2.48. The van der Waals surface area contributed by atoms with Crippen molar-refractivity contribution < 1.29 is 33.4 Å². The Morgan fingerprint density at radius 3 is 2.55 bits per heavy atom. The number of urea groups is 1. The molecule has 12 nitrogen and oxygen atoms in total. The first-order valence-electron chi connectivity index (χ1n) is 14.7. The van der Waals surface area contributed by atoms with Crippen molar-refractivity contribution in [1.82, 2.24) is 20.5 Å². The van der Waals surface area contributed by atoms with E-state index in [0.29, 0.717) is 29.7 Å². The maximum absolute atomic E-state index is 13.4. The van der Waals surface area contributed by atoms with Crippen LogP contribution in [-0.2, 0) is 15.1 Å². The Morgan fingerprint density at radius 1 is 1.07 bits per heavy atom. The van der Waals surface area contributed by atoms with Crippen LogP contribution in [0.2, 0.25) is 0 Å². The topological polar surface area (TPSA) is 156 Å². The average molecular weight is 618 g/mol. The van der Waals surface area contributed by atoms with E-state index in [2.05, 4.69) is 16.0 Å². The normalized spacial score (nSPS) is 21.1. The third-order valence-corrected chi connectivity index (χ3v) is 9.99. The molecule has 44 heavy (non-hydrogen) atoms. The van der Waals surface area contributed by atoms with Crippen molar-refractivity contribution in [2.45, 2.75) is 57.0 Å². The zero-order valence-electron chi connectivity index (χ0n) is 24.2. The van der Waals surface area contributed by atoms with Gasteiger partial charge in [-0.1, -0.05) is 0 Å². The second-order valence-electron chi connectivity index (χ2n) is 12.0. The first kappa shape index (κ1) is 28.3. The lowest BCUT2D eigenvalue weighted by molar-refractivity contribution is -0.136. The molecule has 2 aliphatic heterocycles. The quantitative estimate of drug-likeness (QED) is 0.305. The van der Waals surface area contributed by atoms with E-state index in [9.17, 15) is 24.0 Å². The minimum atomic E-state index is -1.06. The highest BCUT2D eigenvalue weighted by molar-refractivity contribution is 7.18. The summed E-state index contributed by atoms with van der Waals surface area (Å²) in [7, 11) is 1.61. The summed E-state index contributed by atoms with van der Waals surface area (Å²) in [5.74, 6) is -0.259. The molecule has 1 saturated heterocycles. The van der Waals surface area contributed by atoms with Gasteiger partial charge in [0, 0.05) is 18.2 Å². The number of amides is 6. The second kappa shape index (κ2) is 10.6. The highest BCUT2D eigenvalue weighted by Gasteiger charge is 2.47. The van der Waals surface area contributed by atoms with Gasteiger partial charge in [-0.2, -0.15) is 0 Å². The van der Waals surface area contributed by atoms with Crippen LogP contribution >= 0.6 is 11.3 Å². The van der Waals surface area contributed by atoms with Gasteiger partial charge in [0.2, 0.25) is 11.8 Å². The van der Waals surface area contributed by atoms with Gasteiger partial charge in [0.15, 0.2) is 0 Å². The van der Waals surface area contributed by atoms with E-state index in [0.717, 1.165) is 33.0 Å². The summed E-state index contributed by atoms with van der Waals surface area (Å²) in [6.45, 7) is 2.60. The molecule has 4 aliphatic rings. The molecule has 228 valence electrons. The van der Waals surface area contributed by atoms with Crippen molar-refractivity contribution in [2.75, 3.05) is 19.0 Å². The standard InChI is InChI=1S/C31H31N5O7S/c1-31(16-5-6-16,29-34-25-22(43-14-15-3-4-15)12-18(42-2)13-23(25)44-29)35-30(41)32-17-7-8-19-20(11-17)28(40)36(27(19)39)21-9-10-24(37)33-26(21)38/h7-8,11-13,15-16,21H,3-6,9-10,14H2,1-2H3,(H2,32,35,41)(H,33,37,38)/t21?,31-/m0/s1. The molecule has 6 amide bonds. The predicted molar refractivity (Wildman–Crippen MR) is 160 cm³/mol. The molecular formula is C31H31N5O7S. The maximum Gasteiger partial charge on any atom is 0.320 e. The lowest BCUT2D eigenvalue weighted by Crippen LogP contribution is -2.54. The second-order valence-corrected chi connectivity index (χ2v) is 13.0. The van der Waals surface area contributed by atoms with Crippen molar-refractivity contribution in [3.63, 3.8) is 0 Å². The fourth-order valence-electron chi connectivity index (χ4n) is 5.85. The van der Waals surface area contributed by atoms with E-state index < -0.39 is 41.2 Å². The number of anilines is 1. The summed E-state index contributed by atoms with van der Waals surface area (Å²) >= 11 is 1.49. The number of hydrogen-bond acceptors (Lipinski definition) is 9. The molecule has 2 aromatic carbocycles. The lowest BCUT2D eigenvalue weighted by Gasteiger charge is -2.29. The summed E-state index contributed by atoms with van der Waals surface area (Å²) in [5.41, 5.74) is 0.512. The number of nitrogens with zero attached hydrogens (tertiary/aromatic N) is 2. The molecule has 0 radical (unpaired) electrons. The highest BCUT2D eigenvalue weighted by atomic mass is 32.1. The predicted octanol–water partition coefficient (Wildman–Crippen LogP) is 3.94. The number of imide groups is 2. The summed E-state index contributed by atoms with van der Waals surface area (Å²) < 4.78 is 12.5. The van der Waals surface area contributed by atoms with Gasteiger partial charge in [-0.05, 0) is 75.1 Å². The van der Waals surface area contributed by atoms with Crippen LogP contribution in [0.4, 0.5) is 10.5 Å². The minimum absolute atomic E-state index is 0.0353. The van der Waals surface area contributed by atoms with Gasteiger partial charge >= 0.3 is 6.03 Å². The Labute approximate surface area is 256 Å². The summed E-state index contributed by atoms with van der Waals surface area (Å²) in [6, 6.07) is 6.66. The summed E-state index contributed by atoms with van der Waals surface area (Å²) in [5, 5.41) is 8.87. The number of methoxy groups -OCH3 is 1. The van der Waals surface area contributed by atoms with E-state index in [1.807, 2.05) is 19.1 Å². The zero-order valence-corrected chi connectivity index (χ0v) is 25.0. The van der Waals surface area contributed by atoms with Crippen LogP contribution in [0.15, 0.2) is 30.3 Å². The Hall–Kier alpha value is -4.52. The number of carbonyl (C=O) groups is 5. The molecule has 3 aromatic rings. The molecule has 2 aliphatic carbocycles. The van der Waals surface area contributed by atoms with Gasteiger partial charge in [0.05, 0.1) is 35.1 Å². The van der Waals surface area contributed by atoms with Crippen molar-refractivity contribution in [1.29, 1.82) is 0 Å². The van der Waals surface area contributed by atoms with E-state index in [4.69, 9.17) is 14.5 Å². The molecule has 0 bridgehead atoms. The minimum Gasteiger partial charge on any atom is -0.497 e. The van der Waals surface area contributed by atoms with Crippen LogP contribution < -0.4 is 25.4 Å². The van der Waals surface area contributed by atoms with Crippen molar-refractivity contribution in [3.05, 3.63) is 46.5 Å². The molecule has 2 atom stereocenters. The van der Waals surface area contributed by atoms with Crippen molar-refractivity contribution >= 4 is 56.9 Å². The number of ether oxygens (including phenoxy) is 2. The third-order valence-electron chi connectivity index (χ3n) is 8.75. The fraction of sp³-hybridized carbons (Fsp3) is 0.419. The molecule has 1 unspecified atom stereocenters. The van der Waals surface area contributed by atoms with Crippen LogP contribution in [0.25, 0.3) is 10.2 Å². The monoisotopic (exact) mass is 617 g/mol. The molecule has 2 saturated carbocycles. The zero-order chi connectivity index (χ0) is 30.7. The van der Waals surface area contributed by atoms with Crippen LogP contribution in [-0.4, -0.2) is 59.3 Å². The number of benzene rings is 2. The number of hydrogen-bond donors (Lipinski definition) is 3. The van der Waals surface area contributed by atoms with Gasteiger partial charge in [-0.3, -0.25) is 29.4 Å². The number of fused-ring (bicyclic) bond motifs is 2. The molecule has 3 N–H and O–H groups in total. The van der Waals surface area contributed by atoms with E-state index >= 15 is 0 Å². The third kappa shape index (κ3) is 5.04. The van der Waals surface area contributed by atoms with Crippen molar-refractivity contribution in [3.8, 4) is 11.5 Å². The number of rotatable bonds is 9. The SMILES string of the molecule is COc1cc(OCC2CC2)c2nc([C@@](C)(NC(=O)Nc3ccc4c(c3)C(=O)N(C3CCC(=O)NC3=O)C4=O)C3CC3)sc2c1. The molecule has 3 heterocycles. The summed E-state index contributed by atoms with van der Waals surface area (Å²) in [4.78, 5) is 69.4.